The van der Waals surface area contributed by atoms with Crippen LogP contribution in [0.3, 0.4) is 0 Å². The van der Waals surface area contributed by atoms with E-state index in [1.54, 1.807) is 18.2 Å². The summed E-state index contributed by atoms with van der Waals surface area (Å²) in [6, 6.07) is 12.9. The normalized spacial score (nSPS) is 11.1. The monoisotopic (exact) mass is 461 g/mol. The van der Waals surface area contributed by atoms with E-state index in [1.165, 1.54) is 4.68 Å². The molecule has 0 atom stereocenters. The Morgan fingerprint density at radius 3 is 2.54 bits per heavy atom. The molecule has 2 aromatic carbocycles. The smallest absolute Gasteiger partial charge is 0.276 e. The quantitative estimate of drug-likeness (QED) is 0.592. The van der Waals surface area contributed by atoms with Crippen LogP contribution < -0.4 is 10.9 Å². The lowest BCUT2D eigenvalue weighted by molar-refractivity contribution is 0.102. The molecule has 0 spiro atoms. The number of benzene rings is 2. The molecule has 0 unspecified atom stereocenters. The number of rotatable bonds is 4. The van der Waals surface area contributed by atoms with Gasteiger partial charge in [0.25, 0.3) is 11.5 Å². The molecule has 3 rings (SSSR count). The number of aryl methyl sites for hydroxylation is 1. The maximum absolute atomic E-state index is 12.9. The fourth-order valence-electron chi connectivity index (χ4n) is 2.82. The van der Waals surface area contributed by atoms with Crippen LogP contribution >= 0.6 is 22.6 Å². The Bertz CT molecular complexity index is 1040. The maximum atomic E-state index is 12.9. The number of halogens is 1. The second kappa shape index (κ2) is 7.57. The summed E-state index contributed by atoms with van der Waals surface area (Å²) >= 11 is 2.23. The molecule has 0 radical (unpaired) electrons. The van der Waals surface area contributed by atoms with E-state index in [4.69, 9.17) is 0 Å². The third-order valence-corrected chi connectivity index (χ3v) is 4.73. The van der Waals surface area contributed by atoms with E-state index in [-0.39, 0.29) is 23.1 Å². The summed E-state index contributed by atoms with van der Waals surface area (Å²) in [5.74, 6) is -0.0706. The number of nitrogens with one attached hydrogen (secondary N) is 1. The van der Waals surface area contributed by atoms with E-state index in [2.05, 4.69) is 33.0 Å². The number of nitrogens with zero attached hydrogens (tertiary/aromatic N) is 2. The van der Waals surface area contributed by atoms with Gasteiger partial charge < -0.3 is 5.32 Å². The number of carbonyl (C=O) groups is 1. The van der Waals surface area contributed by atoms with Gasteiger partial charge in [0, 0.05) is 21.2 Å². The molecule has 0 bridgehead atoms. The van der Waals surface area contributed by atoms with E-state index < -0.39 is 0 Å². The zero-order valence-corrected chi connectivity index (χ0v) is 17.1. The van der Waals surface area contributed by atoms with Gasteiger partial charge in [-0.05, 0) is 65.3 Å². The van der Waals surface area contributed by atoms with Crippen molar-refractivity contribution in [2.24, 2.45) is 5.92 Å². The van der Waals surface area contributed by atoms with Gasteiger partial charge in [0.15, 0.2) is 5.69 Å². The molecule has 6 heteroatoms. The summed E-state index contributed by atoms with van der Waals surface area (Å²) in [6.45, 7) is 6.44. The number of amides is 1. The minimum Gasteiger partial charge on any atom is -0.320 e. The number of anilines is 1. The zero-order chi connectivity index (χ0) is 18.8. The number of aromatic nitrogens is 2. The van der Waals surface area contributed by atoms with E-state index in [0.717, 1.165) is 14.8 Å². The Balaban J connectivity index is 2.09. The first-order chi connectivity index (χ1) is 12.4. The summed E-state index contributed by atoms with van der Waals surface area (Å²) in [7, 11) is 0. The molecule has 0 saturated heterocycles. The first-order valence-electron chi connectivity index (χ1n) is 8.44. The number of hydrogen-bond acceptors (Lipinski definition) is 3. The van der Waals surface area contributed by atoms with Crippen LogP contribution in [-0.4, -0.2) is 15.7 Å². The van der Waals surface area contributed by atoms with Crippen LogP contribution in [0, 0.1) is 16.4 Å². The van der Waals surface area contributed by atoms with Gasteiger partial charge in [0.2, 0.25) is 0 Å². The van der Waals surface area contributed by atoms with Crippen molar-refractivity contribution in [2.45, 2.75) is 27.3 Å². The number of carbonyl (C=O) groups excluding carboxylic acids is 1. The largest absolute Gasteiger partial charge is 0.320 e. The Hall–Kier alpha value is -2.22. The highest BCUT2D eigenvalue weighted by Crippen LogP contribution is 2.20. The molecule has 1 aromatic heterocycles. The van der Waals surface area contributed by atoms with Crippen molar-refractivity contribution in [1.82, 2.24) is 9.78 Å². The fourth-order valence-corrected chi connectivity index (χ4v) is 3.47. The number of fused-ring (bicyclic) bond motifs is 1. The Morgan fingerprint density at radius 1 is 1.19 bits per heavy atom. The second-order valence-corrected chi connectivity index (χ2v) is 7.93. The zero-order valence-electron chi connectivity index (χ0n) is 14.9. The first-order valence-corrected chi connectivity index (χ1v) is 9.52. The molecule has 0 aliphatic carbocycles. The van der Waals surface area contributed by atoms with Gasteiger partial charge in [-0.25, -0.2) is 4.68 Å². The van der Waals surface area contributed by atoms with Crippen LogP contribution in [-0.2, 0) is 6.54 Å². The topological polar surface area (TPSA) is 64.0 Å². The molecule has 1 amide bonds. The van der Waals surface area contributed by atoms with Crippen molar-refractivity contribution in [3.63, 3.8) is 0 Å². The summed E-state index contributed by atoms with van der Waals surface area (Å²) in [5.41, 5.74) is 1.81. The Kier molecular flexibility index (Phi) is 5.41. The summed E-state index contributed by atoms with van der Waals surface area (Å²) < 4.78 is 2.50. The highest BCUT2D eigenvalue weighted by Gasteiger charge is 2.17. The van der Waals surface area contributed by atoms with Crippen molar-refractivity contribution >= 4 is 45.0 Å². The average molecular weight is 461 g/mol. The van der Waals surface area contributed by atoms with Gasteiger partial charge in [0.1, 0.15) is 0 Å². The maximum Gasteiger partial charge on any atom is 0.276 e. The Labute approximate surface area is 165 Å². The molecule has 0 aliphatic rings. The summed E-state index contributed by atoms with van der Waals surface area (Å²) in [4.78, 5) is 25.6. The predicted octanol–water partition coefficient (Wildman–Crippen LogP) is 4.22. The van der Waals surface area contributed by atoms with Crippen molar-refractivity contribution in [3.8, 4) is 0 Å². The molecule has 1 heterocycles. The lowest BCUT2D eigenvalue weighted by Crippen LogP contribution is -2.29. The highest BCUT2D eigenvalue weighted by molar-refractivity contribution is 14.1. The van der Waals surface area contributed by atoms with Crippen LogP contribution in [0.5, 0.6) is 0 Å². The lowest BCUT2D eigenvalue weighted by atomic mass is 10.1. The van der Waals surface area contributed by atoms with Gasteiger partial charge in [0.05, 0.1) is 5.39 Å². The molecule has 0 aliphatic heterocycles. The SMILES string of the molecule is Cc1cc(I)ccc1NC(=O)c1nn(CC(C)C)c(=O)c2ccccc12. The van der Waals surface area contributed by atoms with Crippen molar-refractivity contribution in [1.29, 1.82) is 0 Å². The second-order valence-electron chi connectivity index (χ2n) is 6.69. The molecule has 1 N–H and O–H groups in total. The average Bonchev–Trinajstić information content (AvgIpc) is 2.59. The van der Waals surface area contributed by atoms with Gasteiger partial charge in [-0.3, -0.25) is 9.59 Å². The predicted molar refractivity (Wildman–Crippen MR) is 113 cm³/mol. The van der Waals surface area contributed by atoms with Gasteiger partial charge >= 0.3 is 0 Å². The standard InChI is InChI=1S/C20H20IN3O2/c1-12(2)11-24-20(26)16-7-5-4-6-15(16)18(23-24)19(25)22-17-9-8-14(21)10-13(17)3/h4-10,12H,11H2,1-3H3,(H,22,25). The van der Waals surface area contributed by atoms with Crippen LogP contribution in [0.25, 0.3) is 10.8 Å². The van der Waals surface area contributed by atoms with E-state index in [9.17, 15) is 9.59 Å². The lowest BCUT2D eigenvalue weighted by Gasteiger charge is -2.13. The Morgan fingerprint density at radius 2 is 1.88 bits per heavy atom. The van der Waals surface area contributed by atoms with Crippen molar-refractivity contribution < 1.29 is 4.79 Å². The summed E-state index contributed by atoms with van der Waals surface area (Å²) in [5, 5.41) is 8.38. The van der Waals surface area contributed by atoms with Crippen LogP contribution in [0.4, 0.5) is 5.69 Å². The molecule has 0 fully saturated rings. The molecule has 5 nitrogen and oxygen atoms in total. The molecule has 0 saturated carbocycles. The van der Waals surface area contributed by atoms with Gasteiger partial charge in [-0.15, -0.1) is 0 Å². The van der Waals surface area contributed by atoms with E-state index in [1.807, 2.05) is 45.0 Å². The molecule has 26 heavy (non-hydrogen) atoms. The van der Waals surface area contributed by atoms with Gasteiger partial charge in [-0.1, -0.05) is 32.0 Å². The summed E-state index contributed by atoms with van der Waals surface area (Å²) in [6.07, 6.45) is 0. The third kappa shape index (κ3) is 3.80. The molecular weight excluding hydrogens is 441 g/mol. The highest BCUT2D eigenvalue weighted by atomic mass is 127. The van der Waals surface area contributed by atoms with Crippen LogP contribution in [0.2, 0.25) is 0 Å². The van der Waals surface area contributed by atoms with E-state index in [0.29, 0.717) is 17.3 Å². The molecular formula is C20H20IN3O2. The minimum atomic E-state index is -0.317. The minimum absolute atomic E-state index is 0.170. The molecule has 134 valence electrons. The van der Waals surface area contributed by atoms with Gasteiger partial charge in [-0.2, -0.15) is 5.10 Å². The van der Waals surface area contributed by atoms with Crippen LogP contribution in [0.1, 0.15) is 29.9 Å². The van der Waals surface area contributed by atoms with Crippen molar-refractivity contribution in [3.05, 3.63) is 67.6 Å². The number of hydrogen-bond donors (Lipinski definition) is 1. The fraction of sp³-hybridized carbons (Fsp3) is 0.250. The van der Waals surface area contributed by atoms with Crippen LogP contribution in [0.15, 0.2) is 47.3 Å². The first kappa shape index (κ1) is 18.6. The van der Waals surface area contributed by atoms with E-state index >= 15 is 0 Å². The van der Waals surface area contributed by atoms with Crippen molar-refractivity contribution in [2.75, 3.05) is 5.32 Å². The molecule has 3 aromatic rings. The third-order valence-electron chi connectivity index (χ3n) is 4.06.